The molecule has 2 fully saturated rings. The first-order valence-corrected chi connectivity index (χ1v) is 4.92. The van der Waals surface area contributed by atoms with Crippen LogP contribution in [0.4, 0.5) is 0 Å². The van der Waals surface area contributed by atoms with E-state index in [-0.39, 0.29) is 6.42 Å². The zero-order valence-electron chi connectivity index (χ0n) is 13.1. The van der Waals surface area contributed by atoms with Gasteiger partial charge in [0, 0.05) is 18.9 Å². The molecule has 0 spiro atoms. The van der Waals surface area contributed by atoms with Crippen LogP contribution in [0.1, 0.15) is 39.6 Å². The Morgan fingerprint density at radius 2 is 1.79 bits per heavy atom. The van der Waals surface area contributed by atoms with Gasteiger partial charge < -0.3 is 14.0 Å². The molecule has 0 aromatic rings. The van der Waals surface area contributed by atoms with Crippen molar-refractivity contribution in [1.29, 1.82) is 0 Å². The maximum Gasteiger partial charge on any atom is 0.463 e. The number of ether oxygens (including phenoxy) is 1. The second-order valence-corrected chi connectivity index (χ2v) is 4.80. The van der Waals surface area contributed by atoms with Crippen LogP contribution in [0.15, 0.2) is 0 Å². The molecule has 14 heavy (non-hydrogen) atoms. The van der Waals surface area contributed by atoms with Gasteiger partial charge in [-0.25, -0.2) is 0 Å². The topological polar surface area (TPSA) is 27.7 Å². The summed E-state index contributed by atoms with van der Waals surface area (Å²) in [5.74, 6) is -0.770. The molecule has 2 heterocycles. The van der Waals surface area contributed by atoms with Crippen molar-refractivity contribution in [3.05, 3.63) is 0 Å². The van der Waals surface area contributed by atoms with Crippen molar-refractivity contribution in [3.8, 4) is 0 Å². The lowest BCUT2D eigenvalue weighted by molar-refractivity contribution is 0.00578. The minimum Gasteiger partial charge on any atom is -0.403 e. The molecule has 2 aliphatic heterocycles. The van der Waals surface area contributed by atoms with Crippen LogP contribution in [0.3, 0.4) is 0 Å². The van der Waals surface area contributed by atoms with Crippen LogP contribution < -0.4 is 0 Å². The van der Waals surface area contributed by atoms with Crippen molar-refractivity contribution in [2.75, 3.05) is 13.1 Å². The van der Waals surface area contributed by atoms with Gasteiger partial charge in [-0.1, -0.05) is 0 Å². The van der Waals surface area contributed by atoms with Gasteiger partial charge >= 0.3 is 7.12 Å². The minimum absolute atomic E-state index is 0.0726. The molecule has 1 atom stereocenters. The second-order valence-electron chi connectivity index (χ2n) is 4.80. The van der Waals surface area contributed by atoms with Gasteiger partial charge in [-0.05, 0) is 34.1 Å². The Kier molecular flexibility index (Phi) is 1.50. The molecule has 2 rings (SSSR count). The molecule has 0 saturated carbocycles. The summed E-state index contributed by atoms with van der Waals surface area (Å²) in [6.45, 7) is 3.47. The van der Waals surface area contributed by atoms with Crippen LogP contribution >= 0.6 is 0 Å². The first kappa shape index (κ1) is 6.51. The molecule has 4 heteroatoms. The fourth-order valence-electron chi connectivity index (χ4n) is 1.50. The molecule has 0 amide bonds. The Morgan fingerprint density at radius 1 is 1.21 bits per heavy atom. The minimum atomic E-state index is -2.08. The molecule has 0 aliphatic carbocycles. The van der Waals surface area contributed by atoms with Crippen LogP contribution in [0.25, 0.3) is 0 Å². The highest BCUT2D eigenvalue weighted by Crippen LogP contribution is 2.41. The van der Waals surface area contributed by atoms with Gasteiger partial charge in [0.15, 0.2) is 0 Å². The van der Waals surface area contributed by atoms with E-state index in [0.29, 0.717) is 0 Å². The molecule has 0 bridgehead atoms. The third-order valence-corrected chi connectivity index (χ3v) is 3.19. The average molecular weight is 202 g/mol. The molecule has 0 radical (unpaired) electrons. The fraction of sp³-hybridized carbons (Fsp3) is 1.00. The SMILES string of the molecule is [2H]C1([2H])CC(B2OC(C)(C)C(C)(C)O2)C([2H])([2H])O1. The third-order valence-electron chi connectivity index (χ3n) is 3.19. The summed E-state index contributed by atoms with van der Waals surface area (Å²) in [7, 11) is -0.789. The second kappa shape index (κ2) is 3.22. The molecule has 3 nitrogen and oxygen atoms in total. The van der Waals surface area contributed by atoms with E-state index >= 15 is 0 Å². The summed E-state index contributed by atoms with van der Waals surface area (Å²) in [5, 5.41) is 0. The van der Waals surface area contributed by atoms with Gasteiger partial charge in [-0.15, -0.1) is 0 Å². The molecule has 80 valence electrons. The molecule has 1 unspecified atom stereocenters. The third kappa shape index (κ3) is 1.60. The van der Waals surface area contributed by atoms with E-state index in [2.05, 4.69) is 0 Å². The summed E-state index contributed by atoms with van der Waals surface area (Å²) in [6, 6.07) is 0. The van der Waals surface area contributed by atoms with E-state index in [1.165, 1.54) is 0 Å². The van der Waals surface area contributed by atoms with Gasteiger partial charge in [0.1, 0.15) is 0 Å². The van der Waals surface area contributed by atoms with Gasteiger partial charge in [0.05, 0.1) is 16.7 Å². The molecule has 2 saturated heterocycles. The molecular formula is C10H19BO3. The summed E-state index contributed by atoms with van der Waals surface area (Å²) in [5.41, 5.74) is -1.11. The molecule has 2 aliphatic rings. The van der Waals surface area contributed by atoms with Crippen LogP contribution in [-0.2, 0) is 14.0 Å². The lowest BCUT2D eigenvalue weighted by Gasteiger charge is -2.32. The first-order chi connectivity index (χ1) is 7.86. The zero-order chi connectivity index (χ0) is 14.0. The number of rotatable bonds is 1. The van der Waals surface area contributed by atoms with Crippen molar-refractivity contribution in [2.45, 2.75) is 51.1 Å². The van der Waals surface area contributed by atoms with Crippen molar-refractivity contribution in [2.24, 2.45) is 0 Å². The summed E-state index contributed by atoms with van der Waals surface area (Å²) >= 11 is 0. The monoisotopic (exact) mass is 202 g/mol. The zero-order valence-corrected chi connectivity index (χ0v) is 9.09. The van der Waals surface area contributed by atoms with Crippen molar-refractivity contribution < 1.29 is 19.5 Å². The van der Waals surface area contributed by atoms with Crippen molar-refractivity contribution in [1.82, 2.24) is 0 Å². The number of hydrogen-bond donors (Lipinski definition) is 0. The van der Waals surface area contributed by atoms with E-state index in [0.717, 1.165) is 0 Å². The van der Waals surface area contributed by atoms with E-state index in [1.54, 1.807) is 0 Å². The van der Waals surface area contributed by atoms with Gasteiger partial charge in [0.25, 0.3) is 0 Å². The normalized spacial score (nSPS) is 46.6. The van der Waals surface area contributed by atoms with E-state index in [4.69, 9.17) is 19.5 Å². The quantitative estimate of drug-likeness (QED) is 0.607. The Bertz CT molecular complexity index is 343. The van der Waals surface area contributed by atoms with Crippen LogP contribution in [0.2, 0.25) is 5.82 Å². The lowest BCUT2D eigenvalue weighted by Crippen LogP contribution is -2.41. The van der Waals surface area contributed by atoms with Crippen LogP contribution in [0, 0.1) is 0 Å². The molecular weight excluding hydrogens is 179 g/mol. The highest BCUT2D eigenvalue weighted by atomic mass is 16.7. The lowest BCUT2D eigenvalue weighted by atomic mass is 9.71. The smallest absolute Gasteiger partial charge is 0.403 e. The standard InChI is InChI=1S/C10H19BO3/c1-9(2)10(3,4)14-11(13-9)8-5-6-12-7-8/h8H,5-7H2,1-4H3/i6D2,7D2. The van der Waals surface area contributed by atoms with Crippen LogP contribution in [-0.4, -0.2) is 31.4 Å². The molecule has 0 aromatic carbocycles. The van der Waals surface area contributed by atoms with E-state index in [9.17, 15) is 0 Å². The van der Waals surface area contributed by atoms with Crippen LogP contribution in [0.5, 0.6) is 0 Å². The predicted molar refractivity (Wildman–Crippen MR) is 55.3 cm³/mol. The predicted octanol–water partition coefficient (Wildman–Crippen LogP) is 1.87. The largest absolute Gasteiger partial charge is 0.463 e. The first-order valence-electron chi connectivity index (χ1n) is 6.92. The van der Waals surface area contributed by atoms with Crippen molar-refractivity contribution in [3.63, 3.8) is 0 Å². The number of hydrogen-bond acceptors (Lipinski definition) is 3. The Hall–Kier alpha value is -0.0551. The van der Waals surface area contributed by atoms with Crippen molar-refractivity contribution >= 4 is 7.12 Å². The molecule has 0 N–H and O–H groups in total. The summed E-state index contributed by atoms with van der Waals surface area (Å²) < 4.78 is 46.9. The summed E-state index contributed by atoms with van der Waals surface area (Å²) in [6.07, 6.45) is -0.0726. The highest BCUT2D eigenvalue weighted by molar-refractivity contribution is 6.47. The van der Waals surface area contributed by atoms with E-state index < -0.39 is 37.3 Å². The maximum absolute atomic E-state index is 7.77. The Balaban J connectivity index is 2.20. The average Bonchev–Trinajstić information content (AvgIpc) is 2.42. The Morgan fingerprint density at radius 3 is 2.21 bits per heavy atom. The summed E-state index contributed by atoms with van der Waals surface area (Å²) in [4.78, 5) is 0. The molecule has 0 aromatic heterocycles. The van der Waals surface area contributed by atoms with E-state index in [1.807, 2.05) is 27.7 Å². The Labute approximate surface area is 91.9 Å². The highest BCUT2D eigenvalue weighted by Gasteiger charge is 2.54. The maximum atomic E-state index is 7.77. The van der Waals surface area contributed by atoms with Gasteiger partial charge in [-0.2, -0.15) is 0 Å². The van der Waals surface area contributed by atoms with Gasteiger partial charge in [-0.3, -0.25) is 0 Å². The van der Waals surface area contributed by atoms with Gasteiger partial charge in [0.2, 0.25) is 0 Å². The fourth-order valence-corrected chi connectivity index (χ4v) is 1.50.